The van der Waals surface area contributed by atoms with E-state index in [1.165, 1.54) is 6.07 Å². The molecule has 0 saturated carbocycles. The van der Waals surface area contributed by atoms with E-state index in [4.69, 9.17) is 22.5 Å². The normalized spacial score (nSPS) is 21.4. The van der Waals surface area contributed by atoms with Crippen molar-refractivity contribution in [2.24, 2.45) is 10.9 Å². The molecule has 0 bridgehead atoms. The van der Waals surface area contributed by atoms with Gasteiger partial charge in [0.1, 0.15) is 5.82 Å². The Balaban J connectivity index is 2.10. The second kappa shape index (κ2) is 5.54. The van der Waals surface area contributed by atoms with E-state index in [0.717, 1.165) is 24.9 Å². The molecule has 1 aromatic rings. The Hall–Kier alpha value is -1.33. The van der Waals surface area contributed by atoms with Crippen molar-refractivity contribution in [2.75, 3.05) is 6.54 Å². The van der Waals surface area contributed by atoms with Crippen molar-refractivity contribution in [3.63, 3.8) is 0 Å². The Morgan fingerprint density at radius 2 is 2.39 bits per heavy atom. The molecule has 2 rings (SSSR count). The van der Waals surface area contributed by atoms with Crippen LogP contribution in [0.1, 0.15) is 18.4 Å². The number of nitrogens with zero attached hydrogens (tertiary/aromatic N) is 2. The van der Waals surface area contributed by atoms with Gasteiger partial charge in [0, 0.05) is 6.54 Å². The Labute approximate surface area is 110 Å². The summed E-state index contributed by atoms with van der Waals surface area (Å²) in [6.07, 6.45) is 1.84. The van der Waals surface area contributed by atoms with Gasteiger partial charge < -0.3 is 10.9 Å². The van der Waals surface area contributed by atoms with Gasteiger partial charge in [0.05, 0.1) is 11.1 Å². The second-order valence-corrected chi connectivity index (χ2v) is 4.81. The van der Waals surface area contributed by atoms with E-state index in [1.54, 1.807) is 12.1 Å². The zero-order valence-corrected chi connectivity index (χ0v) is 10.6. The summed E-state index contributed by atoms with van der Waals surface area (Å²) >= 11 is 5.64. The molecule has 0 amide bonds. The van der Waals surface area contributed by atoms with Crippen LogP contribution in [0.15, 0.2) is 23.4 Å². The summed E-state index contributed by atoms with van der Waals surface area (Å²) in [5.74, 6) is -0.212. The maximum Gasteiger partial charge on any atom is 0.156 e. The summed E-state index contributed by atoms with van der Waals surface area (Å²) < 4.78 is 13.3. The molecule has 4 nitrogen and oxygen atoms in total. The minimum absolute atomic E-state index is 0.0752. The molecular weight excluding hydrogens is 257 g/mol. The van der Waals surface area contributed by atoms with E-state index in [9.17, 15) is 4.39 Å². The van der Waals surface area contributed by atoms with Crippen LogP contribution in [-0.4, -0.2) is 28.5 Å². The number of likely N-dealkylation sites (tertiary alicyclic amines) is 1. The first-order valence-corrected chi connectivity index (χ1v) is 6.15. The van der Waals surface area contributed by atoms with Crippen LogP contribution in [0.5, 0.6) is 0 Å². The predicted octanol–water partition coefficient (Wildman–Crippen LogP) is 2.19. The number of amidine groups is 1. The lowest BCUT2D eigenvalue weighted by Crippen LogP contribution is -2.40. The van der Waals surface area contributed by atoms with Crippen LogP contribution in [0.3, 0.4) is 0 Å². The number of oxime groups is 1. The SMILES string of the molecule is N/C(=N/O)C1CCCN1Cc1ccc(Cl)c(F)c1. The second-order valence-electron chi connectivity index (χ2n) is 4.40. The molecule has 18 heavy (non-hydrogen) atoms. The maximum atomic E-state index is 13.3. The van der Waals surface area contributed by atoms with Gasteiger partial charge in [-0.15, -0.1) is 0 Å². The van der Waals surface area contributed by atoms with Gasteiger partial charge in [0.25, 0.3) is 0 Å². The van der Waals surface area contributed by atoms with E-state index in [-0.39, 0.29) is 16.9 Å². The third kappa shape index (κ3) is 2.73. The third-order valence-electron chi connectivity index (χ3n) is 3.19. The van der Waals surface area contributed by atoms with E-state index in [1.807, 2.05) is 0 Å². The number of hydrogen-bond donors (Lipinski definition) is 2. The first-order valence-electron chi connectivity index (χ1n) is 5.77. The summed E-state index contributed by atoms with van der Waals surface area (Å²) in [7, 11) is 0. The van der Waals surface area contributed by atoms with Crippen molar-refractivity contribution in [1.82, 2.24) is 4.90 Å². The molecule has 0 radical (unpaired) electrons. The largest absolute Gasteiger partial charge is 0.409 e. The molecule has 6 heteroatoms. The molecular formula is C12H15ClFN3O. The summed E-state index contributed by atoms with van der Waals surface area (Å²) in [5, 5.41) is 11.9. The standard InChI is InChI=1S/C12H15ClFN3O/c13-9-4-3-8(6-10(9)14)7-17-5-1-2-11(17)12(15)16-18/h3-4,6,11,18H,1-2,5,7H2,(H2,15,16). The number of hydrogen-bond acceptors (Lipinski definition) is 3. The molecule has 0 aliphatic carbocycles. The highest BCUT2D eigenvalue weighted by Gasteiger charge is 2.28. The monoisotopic (exact) mass is 271 g/mol. The maximum absolute atomic E-state index is 13.3. The molecule has 0 aromatic heterocycles. The van der Waals surface area contributed by atoms with Crippen LogP contribution in [0.25, 0.3) is 0 Å². The zero-order valence-electron chi connectivity index (χ0n) is 9.81. The Morgan fingerprint density at radius 1 is 1.61 bits per heavy atom. The van der Waals surface area contributed by atoms with Crippen molar-refractivity contribution in [2.45, 2.75) is 25.4 Å². The predicted molar refractivity (Wildman–Crippen MR) is 68.3 cm³/mol. The van der Waals surface area contributed by atoms with Gasteiger partial charge in [0.15, 0.2) is 5.84 Å². The van der Waals surface area contributed by atoms with Crippen molar-refractivity contribution in [1.29, 1.82) is 0 Å². The van der Waals surface area contributed by atoms with E-state index >= 15 is 0 Å². The highest BCUT2D eigenvalue weighted by molar-refractivity contribution is 6.30. The van der Waals surface area contributed by atoms with Gasteiger partial charge >= 0.3 is 0 Å². The Bertz CT molecular complexity index is 467. The van der Waals surface area contributed by atoms with Crippen LogP contribution >= 0.6 is 11.6 Å². The Morgan fingerprint density at radius 3 is 3.06 bits per heavy atom. The van der Waals surface area contributed by atoms with E-state index in [2.05, 4.69) is 10.1 Å². The van der Waals surface area contributed by atoms with Crippen molar-refractivity contribution >= 4 is 17.4 Å². The molecule has 0 spiro atoms. The highest BCUT2D eigenvalue weighted by atomic mass is 35.5. The number of rotatable bonds is 3. The molecule has 1 fully saturated rings. The molecule has 1 aliphatic heterocycles. The topological polar surface area (TPSA) is 61.9 Å². The molecule has 1 aliphatic rings. The Kier molecular flexibility index (Phi) is 4.04. The lowest BCUT2D eigenvalue weighted by molar-refractivity contribution is 0.274. The number of benzene rings is 1. The molecule has 1 saturated heterocycles. The number of nitrogens with two attached hydrogens (primary N) is 1. The van der Waals surface area contributed by atoms with Crippen LogP contribution in [0.2, 0.25) is 5.02 Å². The average Bonchev–Trinajstić information content (AvgIpc) is 2.81. The fourth-order valence-electron chi connectivity index (χ4n) is 2.29. The highest BCUT2D eigenvalue weighted by Crippen LogP contribution is 2.22. The van der Waals surface area contributed by atoms with Crippen molar-refractivity contribution in [3.05, 3.63) is 34.6 Å². The van der Waals surface area contributed by atoms with Gasteiger partial charge in [-0.05, 0) is 37.1 Å². The first-order chi connectivity index (χ1) is 8.61. The van der Waals surface area contributed by atoms with Crippen LogP contribution in [0, 0.1) is 5.82 Å². The fraction of sp³-hybridized carbons (Fsp3) is 0.417. The first kappa shape index (κ1) is 13.1. The van der Waals surface area contributed by atoms with Gasteiger partial charge in [-0.1, -0.05) is 22.8 Å². The quantitative estimate of drug-likeness (QED) is 0.383. The molecule has 1 atom stereocenters. The minimum Gasteiger partial charge on any atom is -0.409 e. The number of halogens is 2. The lowest BCUT2D eigenvalue weighted by atomic mass is 10.1. The molecule has 1 heterocycles. The van der Waals surface area contributed by atoms with Crippen LogP contribution in [-0.2, 0) is 6.54 Å². The van der Waals surface area contributed by atoms with E-state index in [0.29, 0.717) is 6.54 Å². The van der Waals surface area contributed by atoms with Crippen molar-refractivity contribution < 1.29 is 9.60 Å². The van der Waals surface area contributed by atoms with Gasteiger partial charge in [-0.3, -0.25) is 4.90 Å². The minimum atomic E-state index is -0.422. The van der Waals surface area contributed by atoms with Gasteiger partial charge in [-0.25, -0.2) is 4.39 Å². The summed E-state index contributed by atoms with van der Waals surface area (Å²) in [4.78, 5) is 2.07. The lowest BCUT2D eigenvalue weighted by Gasteiger charge is -2.23. The summed E-state index contributed by atoms with van der Waals surface area (Å²) in [6.45, 7) is 1.42. The summed E-state index contributed by atoms with van der Waals surface area (Å²) in [5.41, 5.74) is 6.47. The van der Waals surface area contributed by atoms with E-state index < -0.39 is 5.82 Å². The van der Waals surface area contributed by atoms with Crippen LogP contribution < -0.4 is 5.73 Å². The van der Waals surface area contributed by atoms with Gasteiger partial charge in [0.2, 0.25) is 0 Å². The zero-order chi connectivity index (χ0) is 13.1. The third-order valence-corrected chi connectivity index (χ3v) is 3.50. The fourth-order valence-corrected chi connectivity index (χ4v) is 2.41. The molecule has 1 unspecified atom stereocenters. The van der Waals surface area contributed by atoms with Crippen LogP contribution in [0.4, 0.5) is 4.39 Å². The molecule has 1 aromatic carbocycles. The average molecular weight is 272 g/mol. The van der Waals surface area contributed by atoms with Crippen molar-refractivity contribution in [3.8, 4) is 0 Å². The smallest absolute Gasteiger partial charge is 0.156 e. The molecule has 3 N–H and O–H groups in total. The summed E-state index contributed by atoms with van der Waals surface area (Å²) in [6, 6.07) is 4.67. The molecule has 98 valence electrons. The van der Waals surface area contributed by atoms with Gasteiger partial charge in [-0.2, -0.15) is 0 Å².